The molecule has 10 rings (SSSR count). The van der Waals surface area contributed by atoms with Gasteiger partial charge in [-0.2, -0.15) is 0 Å². The minimum Gasteiger partial charge on any atom is -0.264 e. The maximum absolute atomic E-state index is 5.18. The smallest absolute Gasteiger partial charge is 0.174 e. The first-order valence-electron chi connectivity index (χ1n) is 17.1. The third-order valence-corrected chi connectivity index (χ3v) is 10.4. The van der Waals surface area contributed by atoms with Crippen LogP contribution < -0.4 is 0 Å². The quantitative estimate of drug-likeness (QED) is 0.158. The molecular formula is C44H26N8S. The van der Waals surface area contributed by atoms with Crippen molar-refractivity contribution in [3.63, 3.8) is 0 Å². The number of thiophene rings is 1. The number of rotatable bonds is 6. The van der Waals surface area contributed by atoms with Gasteiger partial charge in [-0.15, -0.1) is 11.3 Å². The van der Waals surface area contributed by atoms with E-state index in [0.29, 0.717) is 34.9 Å². The lowest BCUT2D eigenvalue weighted by Crippen LogP contribution is -1.99. The van der Waals surface area contributed by atoms with Gasteiger partial charge in [-0.25, -0.2) is 29.9 Å². The first-order valence-corrected chi connectivity index (χ1v) is 17.9. The van der Waals surface area contributed by atoms with Gasteiger partial charge >= 0.3 is 0 Å². The predicted octanol–water partition coefficient (Wildman–Crippen LogP) is 10.4. The van der Waals surface area contributed by atoms with E-state index in [1.807, 2.05) is 146 Å². The molecule has 5 aromatic heterocycles. The van der Waals surface area contributed by atoms with Gasteiger partial charge in [0.1, 0.15) is 0 Å². The molecule has 0 fully saturated rings. The van der Waals surface area contributed by atoms with E-state index in [1.165, 1.54) is 0 Å². The van der Waals surface area contributed by atoms with Crippen LogP contribution in [0.1, 0.15) is 0 Å². The lowest BCUT2D eigenvalue weighted by molar-refractivity contribution is 1.08. The van der Waals surface area contributed by atoms with Gasteiger partial charge in [0.25, 0.3) is 0 Å². The molecule has 0 bridgehead atoms. The Morgan fingerprint density at radius 1 is 0.302 bits per heavy atom. The van der Waals surface area contributed by atoms with Gasteiger partial charge in [-0.1, -0.05) is 121 Å². The zero-order chi connectivity index (χ0) is 35.1. The molecule has 0 N–H and O–H groups in total. The molecule has 5 aromatic carbocycles. The Morgan fingerprint density at radius 2 is 0.604 bits per heavy atom. The van der Waals surface area contributed by atoms with E-state index in [9.17, 15) is 0 Å². The van der Waals surface area contributed by atoms with Crippen molar-refractivity contribution in [2.75, 3.05) is 0 Å². The van der Waals surface area contributed by atoms with Gasteiger partial charge in [0.15, 0.2) is 34.9 Å². The molecule has 0 spiro atoms. The summed E-state index contributed by atoms with van der Waals surface area (Å²) in [5.41, 5.74) is 3.60. The van der Waals surface area contributed by atoms with Crippen LogP contribution in [0.3, 0.4) is 0 Å². The summed E-state index contributed by atoms with van der Waals surface area (Å²) in [6.07, 6.45) is 7.46. The maximum Gasteiger partial charge on any atom is 0.174 e. The molecule has 0 saturated heterocycles. The molecule has 0 aliphatic carbocycles. The summed E-state index contributed by atoms with van der Waals surface area (Å²) in [6, 6.07) is 44.2. The molecule has 0 aliphatic rings. The second kappa shape index (κ2) is 12.9. The molecule has 8 nitrogen and oxygen atoms in total. The molecule has 0 atom stereocenters. The topological polar surface area (TPSA) is 103 Å². The van der Waals surface area contributed by atoms with Crippen LogP contribution in [0.25, 0.3) is 99.3 Å². The van der Waals surface area contributed by atoms with Crippen molar-refractivity contribution in [3.05, 3.63) is 158 Å². The summed E-state index contributed by atoms with van der Waals surface area (Å²) >= 11 is 1.58. The zero-order valence-electron chi connectivity index (χ0n) is 28.0. The van der Waals surface area contributed by atoms with E-state index in [4.69, 9.17) is 29.9 Å². The molecule has 0 aliphatic heterocycles. The number of aromatic nitrogens is 8. The van der Waals surface area contributed by atoms with Crippen molar-refractivity contribution in [1.82, 2.24) is 39.9 Å². The van der Waals surface area contributed by atoms with Crippen molar-refractivity contribution in [2.45, 2.75) is 0 Å². The molecule has 0 saturated carbocycles. The lowest BCUT2D eigenvalue weighted by atomic mass is 9.96. The molecular weight excluding hydrogens is 673 g/mol. The Balaban J connectivity index is 1.33. The minimum atomic E-state index is 0.561. The second-order valence-electron chi connectivity index (χ2n) is 12.4. The van der Waals surface area contributed by atoms with E-state index >= 15 is 0 Å². The molecule has 0 amide bonds. The summed E-state index contributed by atoms with van der Waals surface area (Å²) in [5, 5.41) is 5.98. The molecule has 0 unspecified atom stereocenters. The summed E-state index contributed by atoms with van der Waals surface area (Å²) in [4.78, 5) is 41.5. The normalized spacial score (nSPS) is 11.4. The molecule has 9 heteroatoms. The van der Waals surface area contributed by atoms with E-state index < -0.39 is 0 Å². The predicted molar refractivity (Wildman–Crippen MR) is 212 cm³/mol. The summed E-state index contributed by atoms with van der Waals surface area (Å²) in [7, 11) is 0. The molecule has 53 heavy (non-hydrogen) atoms. The van der Waals surface area contributed by atoms with Crippen LogP contribution in [0.2, 0.25) is 0 Å². The average Bonchev–Trinajstić information content (AvgIpc) is 3.66. The van der Waals surface area contributed by atoms with Crippen LogP contribution in [0.15, 0.2) is 158 Å². The second-order valence-corrected chi connectivity index (χ2v) is 13.5. The van der Waals surface area contributed by atoms with Gasteiger partial charge in [0.05, 0.1) is 9.75 Å². The van der Waals surface area contributed by atoms with Gasteiger partial charge in [0.2, 0.25) is 0 Å². The third-order valence-electron chi connectivity index (χ3n) is 9.18. The molecule has 5 heterocycles. The van der Waals surface area contributed by atoms with Crippen LogP contribution in [-0.2, 0) is 0 Å². The van der Waals surface area contributed by atoms with Crippen molar-refractivity contribution < 1.29 is 0 Å². The van der Waals surface area contributed by atoms with E-state index in [-0.39, 0.29) is 0 Å². The molecule has 0 radical (unpaired) electrons. The van der Waals surface area contributed by atoms with Gasteiger partial charge < -0.3 is 0 Å². The summed E-state index contributed by atoms with van der Waals surface area (Å²) in [6.45, 7) is 0. The number of hydrogen-bond acceptors (Lipinski definition) is 9. The highest BCUT2D eigenvalue weighted by molar-refractivity contribution is 7.21. The van der Waals surface area contributed by atoms with E-state index in [0.717, 1.165) is 64.3 Å². The van der Waals surface area contributed by atoms with Crippen LogP contribution in [-0.4, -0.2) is 39.9 Å². The van der Waals surface area contributed by atoms with Crippen LogP contribution in [0, 0.1) is 0 Å². The third kappa shape index (κ3) is 5.47. The standard InChI is InChI=1S/C44H26N8S/c1-5-13-27(14-6-1)39-47-40(28-15-7-2-8-16-28)50-43(49-39)37-35-31-21-23-45-25-33(31)34-26-46-24-22-32(34)36(35)38(53-37)44-51-41(29-17-9-3-10-18-29)48-42(52-44)30-19-11-4-12-20-30/h1-26H. The SMILES string of the molecule is c1ccc(-c2nc(-c3ccccc3)nc(-c3sc(-c4nc(-c5ccccc5)nc(-c5ccccc5)n4)c4c5ccncc5c5cnccc5c34)n2)cc1. The summed E-state index contributed by atoms with van der Waals surface area (Å²) in [5.74, 6) is 3.48. The maximum atomic E-state index is 5.18. The highest BCUT2D eigenvalue weighted by Gasteiger charge is 2.26. The number of benzene rings is 5. The number of nitrogens with zero attached hydrogens (tertiary/aromatic N) is 8. The van der Waals surface area contributed by atoms with Crippen molar-refractivity contribution in [2.24, 2.45) is 0 Å². The Bertz CT molecular complexity index is 2620. The Morgan fingerprint density at radius 3 is 0.925 bits per heavy atom. The van der Waals surface area contributed by atoms with Crippen LogP contribution >= 0.6 is 11.3 Å². The van der Waals surface area contributed by atoms with Gasteiger partial charge in [-0.3, -0.25) is 9.97 Å². The monoisotopic (exact) mass is 698 g/mol. The molecule has 10 aromatic rings. The van der Waals surface area contributed by atoms with E-state index in [2.05, 4.69) is 22.1 Å². The fourth-order valence-corrected chi connectivity index (χ4v) is 7.93. The van der Waals surface area contributed by atoms with Crippen molar-refractivity contribution >= 4 is 43.7 Å². The Kier molecular flexibility index (Phi) is 7.47. The first-order chi connectivity index (χ1) is 26.3. The average molecular weight is 699 g/mol. The number of pyridine rings is 2. The zero-order valence-corrected chi connectivity index (χ0v) is 28.8. The number of fused-ring (bicyclic) bond motifs is 6. The molecule has 248 valence electrons. The largest absolute Gasteiger partial charge is 0.264 e. The number of hydrogen-bond donors (Lipinski definition) is 0. The van der Waals surface area contributed by atoms with E-state index in [1.54, 1.807) is 11.3 Å². The van der Waals surface area contributed by atoms with Gasteiger partial charge in [0, 0.05) is 68.6 Å². The first kappa shape index (κ1) is 30.7. The van der Waals surface area contributed by atoms with Crippen molar-refractivity contribution in [3.8, 4) is 67.0 Å². The minimum absolute atomic E-state index is 0.561. The Hall–Kier alpha value is -7.10. The highest BCUT2D eigenvalue weighted by atomic mass is 32.1. The fourth-order valence-electron chi connectivity index (χ4n) is 6.73. The highest BCUT2D eigenvalue weighted by Crippen LogP contribution is 2.49. The lowest BCUT2D eigenvalue weighted by Gasteiger charge is -2.10. The fraction of sp³-hybridized carbons (Fsp3) is 0. The van der Waals surface area contributed by atoms with Crippen LogP contribution in [0.4, 0.5) is 0 Å². The van der Waals surface area contributed by atoms with Crippen molar-refractivity contribution in [1.29, 1.82) is 0 Å². The van der Waals surface area contributed by atoms with Crippen LogP contribution in [0.5, 0.6) is 0 Å². The summed E-state index contributed by atoms with van der Waals surface area (Å²) < 4.78 is 0. The van der Waals surface area contributed by atoms with Gasteiger partial charge in [-0.05, 0) is 22.9 Å². The Labute approximate surface area is 307 Å².